The Bertz CT molecular complexity index is 364. The first kappa shape index (κ1) is 11.3. The van der Waals surface area contributed by atoms with Crippen molar-refractivity contribution in [1.82, 2.24) is 15.1 Å². The normalized spacial score (nSPS) is 21.3. The zero-order valence-corrected chi connectivity index (χ0v) is 9.94. The van der Waals surface area contributed by atoms with Crippen LogP contribution in [0.3, 0.4) is 0 Å². The lowest BCUT2D eigenvalue weighted by Crippen LogP contribution is -2.41. The molecular weight excluding hydrogens is 202 g/mol. The molecule has 2 heterocycles. The van der Waals surface area contributed by atoms with Gasteiger partial charge in [-0.15, -0.1) is 0 Å². The van der Waals surface area contributed by atoms with Crippen molar-refractivity contribution in [1.29, 1.82) is 0 Å². The molecule has 1 saturated heterocycles. The van der Waals surface area contributed by atoms with Crippen molar-refractivity contribution < 1.29 is 4.79 Å². The molecule has 2 rings (SSSR count). The lowest BCUT2D eigenvalue weighted by Gasteiger charge is -2.22. The fourth-order valence-electron chi connectivity index (χ4n) is 2.17. The number of carbonyl (C=O) groups excluding carboxylic acids is 1. The van der Waals surface area contributed by atoms with Crippen LogP contribution in [0, 0.1) is 0 Å². The Hall–Kier alpha value is -1.16. The second kappa shape index (κ2) is 4.78. The molecule has 4 heteroatoms. The fraction of sp³-hybridized carbons (Fsp3) is 0.667. The van der Waals surface area contributed by atoms with E-state index in [0.29, 0.717) is 0 Å². The minimum Gasteiger partial charge on any atom is -0.307 e. The van der Waals surface area contributed by atoms with Gasteiger partial charge in [-0.1, -0.05) is 6.42 Å². The monoisotopic (exact) mass is 221 g/mol. The van der Waals surface area contributed by atoms with Gasteiger partial charge in [0.15, 0.2) is 5.78 Å². The van der Waals surface area contributed by atoms with Crippen molar-refractivity contribution in [2.45, 2.75) is 45.2 Å². The number of rotatable bonds is 3. The van der Waals surface area contributed by atoms with E-state index in [1.165, 1.54) is 6.42 Å². The first-order valence-electron chi connectivity index (χ1n) is 6.01. The van der Waals surface area contributed by atoms with Crippen molar-refractivity contribution in [3.63, 3.8) is 0 Å². The Labute approximate surface area is 96.0 Å². The average Bonchev–Trinajstić information content (AvgIpc) is 2.78. The van der Waals surface area contributed by atoms with Crippen LogP contribution in [0.1, 0.15) is 49.6 Å². The summed E-state index contributed by atoms with van der Waals surface area (Å²) >= 11 is 0. The second-order valence-electron chi connectivity index (χ2n) is 4.62. The predicted octanol–water partition coefficient (Wildman–Crippen LogP) is 1.79. The van der Waals surface area contributed by atoms with Gasteiger partial charge < -0.3 is 5.32 Å². The Morgan fingerprint density at radius 3 is 3.00 bits per heavy atom. The second-order valence-corrected chi connectivity index (χ2v) is 4.62. The van der Waals surface area contributed by atoms with Crippen molar-refractivity contribution in [2.75, 3.05) is 6.54 Å². The molecule has 0 saturated carbocycles. The fourth-order valence-corrected chi connectivity index (χ4v) is 2.17. The van der Waals surface area contributed by atoms with E-state index in [2.05, 4.69) is 10.4 Å². The van der Waals surface area contributed by atoms with E-state index in [9.17, 15) is 4.79 Å². The number of nitrogens with zero attached hydrogens (tertiary/aromatic N) is 2. The molecule has 4 nitrogen and oxygen atoms in total. The lowest BCUT2D eigenvalue weighted by molar-refractivity contribution is 0.0914. The van der Waals surface area contributed by atoms with Gasteiger partial charge in [0.05, 0.1) is 6.04 Å². The van der Waals surface area contributed by atoms with E-state index in [0.717, 1.165) is 25.1 Å². The summed E-state index contributed by atoms with van der Waals surface area (Å²) in [5, 5.41) is 7.48. The third kappa shape index (κ3) is 2.16. The lowest BCUT2D eigenvalue weighted by atomic mass is 9.99. The molecule has 0 aromatic carbocycles. The topological polar surface area (TPSA) is 46.9 Å². The zero-order valence-electron chi connectivity index (χ0n) is 9.94. The quantitative estimate of drug-likeness (QED) is 0.791. The highest BCUT2D eigenvalue weighted by molar-refractivity contribution is 5.98. The molecule has 16 heavy (non-hydrogen) atoms. The van der Waals surface area contributed by atoms with Gasteiger partial charge in [0.25, 0.3) is 0 Å². The van der Waals surface area contributed by atoms with Gasteiger partial charge in [0.1, 0.15) is 5.69 Å². The third-order valence-corrected chi connectivity index (χ3v) is 3.04. The van der Waals surface area contributed by atoms with E-state index in [4.69, 9.17) is 0 Å². The molecule has 1 aromatic rings. The molecule has 1 N–H and O–H groups in total. The van der Waals surface area contributed by atoms with E-state index >= 15 is 0 Å². The highest BCUT2D eigenvalue weighted by atomic mass is 16.1. The standard InChI is InChI=1S/C12H19N3O/c1-9(2)15-11(6-8-14-15)12(16)10-5-3-4-7-13-10/h6,8-10,13H,3-5,7H2,1-2H3. The van der Waals surface area contributed by atoms with Crippen LogP contribution < -0.4 is 5.32 Å². The van der Waals surface area contributed by atoms with Crippen LogP contribution in [0.25, 0.3) is 0 Å². The van der Waals surface area contributed by atoms with Crippen molar-refractivity contribution >= 4 is 5.78 Å². The summed E-state index contributed by atoms with van der Waals surface area (Å²) in [6, 6.07) is 2.04. The molecule has 0 amide bonds. The summed E-state index contributed by atoms with van der Waals surface area (Å²) in [6.07, 6.45) is 4.96. The van der Waals surface area contributed by atoms with Crippen LogP contribution in [0.15, 0.2) is 12.3 Å². The van der Waals surface area contributed by atoms with Gasteiger partial charge in [0, 0.05) is 12.2 Å². The van der Waals surface area contributed by atoms with Crippen molar-refractivity contribution in [3.05, 3.63) is 18.0 Å². The molecule has 1 unspecified atom stereocenters. The van der Waals surface area contributed by atoms with Crippen molar-refractivity contribution in [2.24, 2.45) is 0 Å². The van der Waals surface area contributed by atoms with E-state index < -0.39 is 0 Å². The average molecular weight is 221 g/mol. The van der Waals surface area contributed by atoms with Gasteiger partial charge in [-0.3, -0.25) is 9.48 Å². The molecule has 1 aliphatic heterocycles. The highest BCUT2D eigenvalue weighted by Gasteiger charge is 2.24. The number of carbonyl (C=O) groups is 1. The van der Waals surface area contributed by atoms with Crippen LogP contribution >= 0.6 is 0 Å². The largest absolute Gasteiger partial charge is 0.307 e. The van der Waals surface area contributed by atoms with E-state index in [-0.39, 0.29) is 17.9 Å². The van der Waals surface area contributed by atoms with Gasteiger partial charge >= 0.3 is 0 Å². The van der Waals surface area contributed by atoms with Crippen LogP contribution in [0.5, 0.6) is 0 Å². The number of hydrogen-bond acceptors (Lipinski definition) is 3. The summed E-state index contributed by atoms with van der Waals surface area (Å²) in [5.41, 5.74) is 0.731. The SMILES string of the molecule is CC(C)n1nccc1C(=O)C1CCCCN1. The van der Waals surface area contributed by atoms with E-state index in [1.54, 1.807) is 10.9 Å². The maximum atomic E-state index is 12.3. The Morgan fingerprint density at radius 2 is 2.38 bits per heavy atom. The number of aromatic nitrogens is 2. The number of piperidine rings is 1. The molecule has 0 spiro atoms. The maximum Gasteiger partial charge on any atom is 0.197 e. The maximum absolute atomic E-state index is 12.3. The van der Waals surface area contributed by atoms with Gasteiger partial charge in [-0.25, -0.2) is 0 Å². The minimum atomic E-state index is -0.0112. The summed E-state index contributed by atoms with van der Waals surface area (Å²) < 4.78 is 1.80. The summed E-state index contributed by atoms with van der Waals surface area (Å²) in [5.74, 6) is 0.186. The van der Waals surface area contributed by atoms with Gasteiger partial charge in [0.2, 0.25) is 0 Å². The molecule has 0 aliphatic carbocycles. The molecular formula is C12H19N3O. The van der Waals surface area contributed by atoms with Crippen LogP contribution in [0.2, 0.25) is 0 Å². The predicted molar refractivity (Wildman–Crippen MR) is 62.6 cm³/mol. The number of hydrogen-bond donors (Lipinski definition) is 1. The molecule has 1 aromatic heterocycles. The molecule has 1 atom stereocenters. The Morgan fingerprint density at radius 1 is 1.56 bits per heavy atom. The Kier molecular flexibility index (Phi) is 3.39. The van der Waals surface area contributed by atoms with Crippen LogP contribution in [0.4, 0.5) is 0 Å². The molecule has 0 bridgehead atoms. The first-order chi connectivity index (χ1) is 7.70. The summed E-state index contributed by atoms with van der Waals surface area (Å²) in [4.78, 5) is 12.3. The first-order valence-corrected chi connectivity index (χ1v) is 6.01. The Balaban J connectivity index is 2.16. The van der Waals surface area contributed by atoms with E-state index in [1.807, 2.05) is 19.9 Å². The van der Waals surface area contributed by atoms with Crippen LogP contribution in [-0.4, -0.2) is 28.2 Å². The summed E-state index contributed by atoms with van der Waals surface area (Å²) in [7, 11) is 0. The zero-order chi connectivity index (χ0) is 11.5. The number of nitrogens with one attached hydrogen (secondary N) is 1. The summed E-state index contributed by atoms with van der Waals surface area (Å²) in [6.45, 7) is 5.03. The number of Topliss-reactive ketones (excluding diaryl/α,β-unsaturated/α-hetero) is 1. The van der Waals surface area contributed by atoms with Gasteiger partial charge in [-0.05, 0) is 39.3 Å². The number of ketones is 1. The molecule has 0 radical (unpaired) electrons. The third-order valence-electron chi connectivity index (χ3n) is 3.04. The highest BCUT2D eigenvalue weighted by Crippen LogP contribution is 2.15. The minimum absolute atomic E-state index is 0.0112. The molecule has 1 fully saturated rings. The van der Waals surface area contributed by atoms with Crippen molar-refractivity contribution in [3.8, 4) is 0 Å². The molecule has 88 valence electrons. The smallest absolute Gasteiger partial charge is 0.197 e. The van der Waals surface area contributed by atoms with Crippen LogP contribution in [-0.2, 0) is 0 Å². The van der Waals surface area contributed by atoms with Gasteiger partial charge in [-0.2, -0.15) is 5.10 Å². The molecule has 1 aliphatic rings.